The molecule has 5 heteroatoms. The molecule has 17 heavy (non-hydrogen) atoms. The number of hydrogen-bond donors (Lipinski definition) is 0. The quantitative estimate of drug-likeness (QED) is 0.785. The number of carbonyl (C=O) groups excluding carboxylic acids is 1. The van der Waals surface area contributed by atoms with E-state index in [1.165, 1.54) is 19.2 Å². The van der Waals surface area contributed by atoms with E-state index in [1.54, 1.807) is 0 Å². The van der Waals surface area contributed by atoms with E-state index in [2.05, 4.69) is 0 Å². The van der Waals surface area contributed by atoms with Crippen LogP contribution >= 0.6 is 23.2 Å². The maximum absolute atomic E-state index is 11.7. The molecular formula is C12H14Cl2O3. The van der Waals surface area contributed by atoms with Gasteiger partial charge >= 0.3 is 5.97 Å². The highest BCUT2D eigenvalue weighted by molar-refractivity contribution is 6.43. The molecule has 1 rings (SSSR count). The Hall–Kier alpha value is -0.930. The second-order valence-electron chi connectivity index (χ2n) is 3.97. The summed E-state index contributed by atoms with van der Waals surface area (Å²) in [5, 5.41) is 0.553. The number of halogens is 2. The predicted octanol–water partition coefficient (Wildman–Crippen LogP) is 3.81. The summed E-state index contributed by atoms with van der Waals surface area (Å²) >= 11 is 11.8. The Morgan fingerprint density at radius 1 is 1.35 bits per heavy atom. The van der Waals surface area contributed by atoms with Gasteiger partial charge in [0, 0.05) is 0 Å². The fourth-order valence-electron chi connectivity index (χ4n) is 1.16. The van der Waals surface area contributed by atoms with Crippen molar-refractivity contribution in [1.82, 2.24) is 0 Å². The van der Waals surface area contributed by atoms with Crippen molar-refractivity contribution in [3.63, 3.8) is 0 Å². The number of benzene rings is 1. The van der Waals surface area contributed by atoms with Crippen LogP contribution in [0.2, 0.25) is 10.0 Å². The molecule has 1 aromatic rings. The summed E-state index contributed by atoms with van der Waals surface area (Å²) in [6.07, 6.45) is 0. The molecule has 0 aliphatic carbocycles. The Labute approximate surface area is 111 Å². The van der Waals surface area contributed by atoms with Crippen molar-refractivity contribution in [1.29, 1.82) is 0 Å². The zero-order valence-corrected chi connectivity index (χ0v) is 11.4. The molecular weight excluding hydrogens is 263 g/mol. The Bertz CT molecular complexity index is 416. The normalized spacial score (nSPS) is 10.5. The van der Waals surface area contributed by atoms with Crippen molar-refractivity contribution in [3.05, 3.63) is 27.7 Å². The van der Waals surface area contributed by atoms with Gasteiger partial charge in [-0.2, -0.15) is 0 Å². The van der Waals surface area contributed by atoms with Crippen LogP contribution in [0.15, 0.2) is 12.1 Å². The van der Waals surface area contributed by atoms with Gasteiger partial charge in [0.1, 0.15) is 10.8 Å². The summed E-state index contributed by atoms with van der Waals surface area (Å²) < 4.78 is 10.1. The van der Waals surface area contributed by atoms with Crippen molar-refractivity contribution in [2.24, 2.45) is 5.92 Å². The molecule has 0 aliphatic rings. The number of rotatable bonds is 4. The van der Waals surface area contributed by atoms with Crippen LogP contribution < -0.4 is 4.74 Å². The molecule has 3 nitrogen and oxygen atoms in total. The van der Waals surface area contributed by atoms with Crippen LogP contribution in [0.5, 0.6) is 5.75 Å². The van der Waals surface area contributed by atoms with Crippen LogP contribution in [-0.2, 0) is 4.74 Å². The van der Waals surface area contributed by atoms with Gasteiger partial charge in [0.05, 0.1) is 24.3 Å². The second kappa shape index (κ2) is 6.12. The molecule has 0 aliphatic heterocycles. The van der Waals surface area contributed by atoms with Crippen molar-refractivity contribution in [2.75, 3.05) is 13.7 Å². The van der Waals surface area contributed by atoms with Crippen LogP contribution in [0, 0.1) is 5.92 Å². The van der Waals surface area contributed by atoms with Crippen molar-refractivity contribution >= 4 is 29.2 Å². The molecule has 0 spiro atoms. The summed E-state index contributed by atoms with van der Waals surface area (Å²) in [5.41, 5.74) is 0.330. The number of hydrogen-bond acceptors (Lipinski definition) is 3. The zero-order chi connectivity index (χ0) is 13.0. The molecule has 0 heterocycles. The molecule has 0 radical (unpaired) electrons. The second-order valence-corrected chi connectivity index (χ2v) is 4.75. The van der Waals surface area contributed by atoms with Gasteiger partial charge < -0.3 is 9.47 Å². The van der Waals surface area contributed by atoms with E-state index in [0.29, 0.717) is 17.9 Å². The summed E-state index contributed by atoms with van der Waals surface area (Å²) in [5.74, 6) is 0.204. The third-order valence-electron chi connectivity index (χ3n) is 2.00. The molecule has 0 N–H and O–H groups in total. The van der Waals surface area contributed by atoms with Crippen LogP contribution in [-0.4, -0.2) is 19.7 Å². The lowest BCUT2D eigenvalue weighted by Crippen LogP contribution is -2.10. The lowest BCUT2D eigenvalue weighted by molar-refractivity contribution is 0.0458. The number of ether oxygens (including phenoxy) is 2. The van der Waals surface area contributed by atoms with E-state index in [9.17, 15) is 4.79 Å². The smallest absolute Gasteiger partial charge is 0.338 e. The highest BCUT2D eigenvalue weighted by Gasteiger charge is 2.14. The van der Waals surface area contributed by atoms with Gasteiger partial charge in [0.15, 0.2) is 0 Å². The number of methoxy groups -OCH3 is 1. The average molecular weight is 277 g/mol. The summed E-state index contributed by atoms with van der Waals surface area (Å²) in [4.78, 5) is 11.7. The lowest BCUT2D eigenvalue weighted by Gasteiger charge is -2.10. The minimum Gasteiger partial charge on any atom is -0.495 e. The van der Waals surface area contributed by atoms with Gasteiger partial charge in [0.2, 0.25) is 0 Å². The first kappa shape index (κ1) is 14.1. The standard InChI is InChI=1S/C12H14Cl2O3/c1-7(2)6-17-12(15)8-4-9(13)11(14)10(5-8)16-3/h4-5,7H,6H2,1-3H3. The minimum absolute atomic E-state index is 0.266. The van der Waals surface area contributed by atoms with E-state index < -0.39 is 5.97 Å². The van der Waals surface area contributed by atoms with Gasteiger partial charge in [-0.3, -0.25) is 0 Å². The SMILES string of the molecule is COc1cc(C(=O)OCC(C)C)cc(Cl)c1Cl. The van der Waals surface area contributed by atoms with Gasteiger partial charge in [-0.25, -0.2) is 4.79 Å². The van der Waals surface area contributed by atoms with E-state index in [-0.39, 0.29) is 16.0 Å². The largest absolute Gasteiger partial charge is 0.495 e. The number of carbonyl (C=O) groups is 1. The van der Waals surface area contributed by atoms with Crippen LogP contribution in [0.4, 0.5) is 0 Å². The fourth-order valence-corrected chi connectivity index (χ4v) is 1.55. The van der Waals surface area contributed by atoms with Gasteiger partial charge in [0.25, 0.3) is 0 Å². The van der Waals surface area contributed by atoms with E-state index >= 15 is 0 Å². The van der Waals surface area contributed by atoms with Crippen LogP contribution in [0.3, 0.4) is 0 Å². The van der Waals surface area contributed by atoms with Gasteiger partial charge in [-0.05, 0) is 18.1 Å². The lowest BCUT2D eigenvalue weighted by atomic mass is 10.2. The molecule has 94 valence electrons. The molecule has 0 bridgehead atoms. The Balaban J connectivity index is 2.91. The van der Waals surface area contributed by atoms with Crippen LogP contribution in [0.1, 0.15) is 24.2 Å². The first-order valence-electron chi connectivity index (χ1n) is 5.15. The first-order chi connectivity index (χ1) is 7.95. The summed E-state index contributed by atoms with van der Waals surface area (Å²) in [6.45, 7) is 4.28. The monoisotopic (exact) mass is 276 g/mol. The molecule has 0 amide bonds. The molecule has 0 saturated carbocycles. The van der Waals surface area contributed by atoms with Crippen molar-refractivity contribution < 1.29 is 14.3 Å². The third-order valence-corrected chi connectivity index (χ3v) is 2.78. The highest BCUT2D eigenvalue weighted by Crippen LogP contribution is 2.33. The summed E-state index contributed by atoms with van der Waals surface area (Å²) in [6, 6.07) is 2.98. The Kier molecular flexibility index (Phi) is 5.09. The topological polar surface area (TPSA) is 35.5 Å². The minimum atomic E-state index is -0.435. The van der Waals surface area contributed by atoms with Crippen LogP contribution in [0.25, 0.3) is 0 Å². The first-order valence-corrected chi connectivity index (χ1v) is 5.91. The summed E-state index contributed by atoms with van der Waals surface area (Å²) in [7, 11) is 1.46. The van der Waals surface area contributed by atoms with Crippen molar-refractivity contribution in [3.8, 4) is 5.75 Å². The highest BCUT2D eigenvalue weighted by atomic mass is 35.5. The van der Waals surface area contributed by atoms with Gasteiger partial charge in [-0.1, -0.05) is 37.0 Å². The Morgan fingerprint density at radius 3 is 2.53 bits per heavy atom. The zero-order valence-electron chi connectivity index (χ0n) is 9.92. The maximum Gasteiger partial charge on any atom is 0.338 e. The number of esters is 1. The fraction of sp³-hybridized carbons (Fsp3) is 0.417. The van der Waals surface area contributed by atoms with E-state index in [1.807, 2.05) is 13.8 Å². The third kappa shape index (κ3) is 3.79. The maximum atomic E-state index is 11.7. The molecule has 0 saturated heterocycles. The van der Waals surface area contributed by atoms with Crippen molar-refractivity contribution in [2.45, 2.75) is 13.8 Å². The molecule has 1 aromatic carbocycles. The van der Waals surface area contributed by atoms with Gasteiger partial charge in [-0.15, -0.1) is 0 Å². The molecule has 0 atom stereocenters. The van der Waals surface area contributed by atoms with E-state index in [4.69, 9.17) is 32.7 Å². The molecule has 0 aromatic heterocycles. The average Bonchev–Trinajstić information content (AvgIpc) is 2.29. The molecule has 0 unspecified atom stereocenters. The van der Waals surface area contributed by atoms with E-state index in [0.717, 1.165) is 0 Å². The predicted molar refractivity (Wildman–Crippen MR) is 68.1 cm³/mol. The Morgan fingerprint density at radius 2 is 2.00 bits per heavy atom. The molecule has 0 fully saturated rings.